The molecule has 0 aliphatic rings. The summed E-state index contributed by atoms with van der Waals surface area (Å²) in [6.07, 6.45) is 1.68. The lowest BCUT2D eigenvalue weighted by atomic mass is 10.0. The number of carbonyl (C=O) groups is 2. The highest BCUT2D eigenvalue weighted by Gasteiger charge is 2.15. The van der Waals surface area contributed by atoms with Crippen molar-refractivity contribution in [3.8, 4) is 0 Å². The van der Waals surface area contributed by atoms with Gasteiger partial charge >= 0.3 is 6.09 Å². The van der Waals surface area contributed by atoms with Crippen LogP contribution in [0, 0.1) is 0 Å². The summed E-state index contributed by atoms with van der Waals surface area (Å²) in [5.74, 6) is 0. The van der Waals surface area contributed by atoms with Gasteiger partial charge in [-0.05, 0) is 51.4 Å². The average molecular weight is 385 g/mol. The van der Waals surface area contributed by atoms with E-state index in [1.165, 1.54) is 0 Å². The van der Waals surface area contributed by atoms with Crippen molar-refractivity contribution < 1.29 is 14.3 Å². The topological polar surface area (TPSA) is 67.4 Å². The van der Waals surface area contributed by atoms with Crippen LogP contribution in [-0.2, 0) is 9.53 Å². The number of rotatable bonds is 8. The molecule has 0 heterocycles. The molecule has 2 N–H and O–H groups in total. The lowest BCUT2D eigenvalue weighted by Gasteiger charge is -2.20. The molecule has 1 amide bonds. The van der Waals surface area contributed by atoms with E-state index in [1.807, 2.05) is 45.0 Å². The molecule has 1 aromatic rings. The van der Waals surface area contributed by atoms with Gasteiger partial charge in [0.1, 0.15) is 11.9 Å². The number of hydrogen-bond acceptors (Lipinski definition) is 4. The zero-order valence-electron chi connectivity index (χ0n) is 13.9. The summed E-state index contributed by atoms with van der Waals surface area (Å²) in [5, 5.41) is 6.06. The molecule has 0 radical (unpaired) electrons. The first kappa shape index (κ1) is 19.6. The smallest absolute Gasteiger partial charge is 0.407 e. The second-order valence-corrected chi connectivity index (χ2v) is 7.16. The zero-order valence-corrected chi connectivity index (χ0v) is 15.5. The molecule has 1 atom stereocenters. The highest BCUT2D eigenvalue weighted by molar-refractivity contribution is 9.10. The van der Waals surface area contributed by atoms with Gasteiger partial charge in [0.25, 0.3) is 0 Å². The molecular weight excluding hydrogens is 360 g/mol. The fourth-order valence-corrected chi connectivity index (χ4v) is 2.26. The maximum absolute atomic E-state index is 11.5. The Bertz CT molecular complexity index is 498. The Morgan fingerprint density at radius 2 is 1.91 bits per heavy atom. The molecule has 1 aromatic carbocycles. The van der Waals surface area contributed by atoms with Crippen molar-refractivity contribution in [3.63, 3.8) is 0 Å². The fraction of sp³-hybridized carbons (Fsp3) is 0.529. The first-order chi connectivity index (χ1) is 10.8. The lowest BCUT2D eigenvalue weighted by Crippen LogP contribution is -2.34. The molecule has 128 valence electrons. The molecule has 0 saturated heterocycles. The summed E-state index contributed by atoms with van der Waals surface area (Å²) < 4.78 is 6.17. The van der Waals surface area contributed by atoms with E-state index < -0.39 is 11.7 Å². The molecular formula is C17H25BrN2O3. The minimum Gasteiger partial charge on any atom is -0.444 e. The summed E-state index contributed by atoms with van der Waals surface area (Å²) in [6, 6.07) is 7.88. The largest absolute Gasteiger partial charge is 0.444 e. The van der Waals surface area contributed by atoms with Gasteiger partial charge in [-0.2, -0.15) is 0 Å². The lowest BCUT2D eigenvalue weighted by molar-refractivity contribution is -0.108. The molecule has 0 fully saturated rings. The van der Waals surface area contributed by atoms with Gasteiger partial charge in [0, 0.05) is 23.5 Å². The summed E-state index contributed by atoms with van der Waals surface area (Å²) in [6.45, 7) is 6.71. The summed E-state index contributed by atoms with van der Waals surface area (Å²) in [7, 11) is 0. The van der Waals surface area contributed by atoms with Crippen LogP contribution in [0.3, 0.4) is 0 Å². The SMILES string of the molecule is CC(C)(C)OC(=O)NCCCNC(CC=O)c1ccc(Br)cc1. The first-order valence-electron chi connectivity index (χ1n) is 7.71. The van der Waals surface area contributed by atoms with Crippen LogP contribution < -0.4 is 10.6 Å². The van der Waals surface area contributed by atoms with Crippen molar-refractivity contribution in [2.24, 2.45) is 0 Å². The van der Waals surface area contributed by atoms with E-state index in [-0.39, 0.29) is 6.04 Å². The van der Waals surface area contributed by atoms with Gasteiger partial charge in [-0.25, -0.2) is 4.79 Å². The van der Waals surface area contributed by atoms with Gasteiger partial charge in [-0.3, -0.25) is 0 Å². The van der Waals surface area contributed by atoms with Crippen molar-refractivity contribution in [1.82, 2.24) is 10.6 Å². The Morgan fingerprint density at radius 1 is 1.26 bits per heavy atom. The predicted octanol–water partition coefficient (Wildman–Crippen LogP) is 3.58. The van der Waals surface area contributed by atoms with Crippen molar-refractivity contribution in [2.75, 3.05) is 13.1 Å². The van der Waals surface area contributed by atoms with Gasteiger partial charge in [0.05, 0.1) is 0 Å². The summed E-state index contributed by atoms with van der Waals surface area (Å²) >= 11 is 3.40. The first-order valence-corrected chi connectivity index (χ1v) is 8.50. The standard InChI is InChI=1S/C17H25BrN2O3/c1-17(2,3)23-16(22)20-11-4-10-19-15(9-12-21)13-5-7-14(18)8-6-13/h5-8,12,15,19H,4,9-11H2,1-3H3,(H,20,22). The number of carbonyl (C=O) groups excluding carboxylic acids is 2. The van der Waals surface area contributed by atoms with Crippen molar-refractivity contribution in [3.05, 3.63) is 34.3 Å². The number of ether oxygens (including phenoxy) is 1. The van der Waals surface area contributed by atoms with E-state index in [9.17, 15) is 9.59 Å². The summed E-state index contributed by atoms with van der Waals surface area (Å²) in [5.41, 5.74) is 0.583. The molecule has 0 aromatic heterocycles. The Labute approximate surface area is 146 Å². The van der Waals surface area contributed by atoms with E-state index in [4.69, 9.17) is 4.74 Å². The van der Waals surface area contributed by atoms with Gasteiger partial charge in [0.2, 0.25) is 0 Å². The van der Waals surface area contributed by atoms with Gasteiger partial charge in [-0.15, -0.1) is 0 Å². The molecule has 23 heavy (non-hydrogen) atoms. The average Bonchev–Trinajstić information content (AvgIpc) is 2.45. The molecule has 0 spiro atoms. The molecule has 5 nitrogen and oxygen atoms in total. The van der Waals surface area contributed by atoms with Crippen molar-refractivity contribution >= 4 is 28.3 Å². The van der Waals surface area contributed by atoms with E-state index in [0.717, 1.165) is 22.7 Å². The van der Waals surface area contributed by atoms with Crippen LogP contribution in [0.4, 0.5) is 4.79 Å². The quantitative estimate of drug-likeness (QED) is 0.530. The number of nitrogens with one attached hydrogen (secondary N) is 2. The van der Waals surface area contributed by atoms with Crippen LogP contribution in [0.2, 0.25) is 0 Å². The highest BCUT2D eigenvalue weighted by atomic mass is 79.9. The monoisotopic (exact) mass is 384 g/mol. The second kappa shape index (κ2) is 9.67. The number of amides is 1. The van der Waals surface area contributed by atoms with Crippen LogP contribution >= 0.6 is 15.9 Å². The van der Waals surface area contributed by atoms with Crippen molar-refractivity contribution in [2.45, 2.75) is 45.3 Å². The van der Waals surface area contributed by atoms with Crippen LogP contribution in [0.15, 0.2) is 28.7 Å². The number of hydrogen-bond donors (Lipinski definition) is 2. The van der Waals surface area contributed by atoms with E-state index in [1.54, 1.807) is 0 Å². The third-order valence-electron chi connectivity index (χ3n) is 3.02. The van der Waals surface area contributed by atoms with Crippen LogP contribution in [0.5, 0.6) is 0 Å². The predicted molar refractivity (Wildman–Crippen MR) is 94.4 cm³/mol. The van der Waals surface area contributed by atoms with E-state index >= 15 is 0 Å². The van der Waals surface area contributed by atoms with E-state index in [2.05, 4.69) is 26.6 Å². The Morgan fingerprint density at radius 3 is 2.48 bits per heavy atom. The van der Waals surface area contributed by atoms with Crippen molar-refractivity contribution in [1.29, 1.82) is 0 Å². The molecule has 6 heteroatoms. The molecule has 0 aliphatic heterocycles. The van der Waals surface area contributed by atoms with Gasteiger partial charge in [-0.1, -0.05) is 28.1 Å². The third-order valence-corrected chi connectivity index (χ3v) is 3.55. The van der Waals surface area contributed by atoms with Crippen LogP contribution in [0.25, 0.3) is 0 Å². The van der Waals surface area contributed by atoms with Crippen LogP contribution in [-0.4, -0.2) is 31.1 Å². The Kier molecular flexibility index (Phi) is 8.26. The maximum atomic E-state index is 11.5. The minimum atomic E-state index is -0.487. The number of aldehydes is 1. The molecule has 0 bridgehead atoms. The summed E-state index contributed by atoms with van der Waals surface area (Å²) in [4.78, 5) is 22.4. The second-order valence-electron chi connectivity index (χ2n) is 6.24. The minimum absolute atomic E-state index is 0.0119. The molecule has 1 rings (SSSR count). The third kappa shape index (κ3) is 8.71. The van der Waals surface area contributed by atoms with Crippen LogP contribution in [0.1, 0.15) is 45.2 Å². The maximum Gasteiger partial charge on any atom is 0.407 e. The highest BCUT2D eigenvalue weighted by Crippen LogP contribution is 2.18. The van der Waals surface area contributed by atoms with Gasteiger partial charge < -0.3 is 20.2 Å². The molecule has 0 aliphatic carbocycles. The number of alkyl carbamates (subject to hydrolysis) is 1. The number of benzene rings is 1. The molecule has 0 saturated carbocycles. The number of halogens is 1. The van der Waals surface area contributed by atoms with E-state index in [0.29, 0.717) is 19.5 Å². The zero-order chi connectivity index (χ0) is 17.3. The Balaban J connectivity index is 2.32. The van der Waals surface area contributed by atoms with Gasteiger partial charge in [0.15, 0.2) is 0 Å². The normalized spacial score (nSPS) is 12.5. The Hall–Kier alpha value is -1.40. The fourth-order valence-electron chi connectivity index (χ4n) is 2.00. The molecule has 1 unspecified atom stereocenters.